The van der Waals surface area contributed by atoms with Gasteiger partial charge in [0, 0.05) is 0 Å². The second-order valence-corrected chi connectivity index (χ2v) is 2.97. The number of aliphatic hydroxyl groups is 1. The summed E-state index contributed by atoms with van der Waals surface area (Å²) in [6.07, 6.45) is -3.27. The number of fused-ring (bicyclic) bond motifs is 1. The van der Waals surface area contributed by atoms with Crippen molar-refractivity contribution in [2.45, 2.75) is 12.7 Å². The lowest BCUT2D eigenvalue weighted by atomic mass is 10.2. The van der Waals surface area contributed by atoms with Gasteiger partial charge in [-0.15, -0.1) is 0 Å². The summed E-state index contributed by atoms with van der Waals surface area (Å²) in [5.74, 6) is 0.237. The van der Waals surface area contributed by atoms with E-state index in [1.807, 2.05) is 0 Å². The Morgan fingerprint density at radius 2 is 2.14 bits per heavy atom. The van der Waals surface area contributed by atoms with Crippen LogP contribution in [0.25, 0.3) is 0 Å². The van der Waals surface area contributed by atoms with Crippen molar-refractivity contribution >= 4 is 0 Å². The summed E-state index contributed by atoms with van der Waals surface area (Å²) in [6, 6.07) is 4.34. The number of benzene rings is 1. The molecule has 0 amide bonds. The van der Waals surface area contributed by atoms with Gasteiger partial charge in [0.2, 0.25) is 0 Å². The molecule has 0 aliphatic carbocycles. The Balaban J connectivity index is 2.32. The normalized spacial score (nSPS) is 17.9. The molecule has 14 heavy (non-hydrogen) atoms. The van der Waals surface area contributed by atoms with E-state index in [0.29, 0.717) is 5.56 Å². The summed E-state index contributed by atoms with van der Waals surface area (Å²) in [5, 5.41) is 8.80. The quantitative estimate of drug-likeness (QED) is 0.750. The van der Waals surface area contributed by atoms with Crippen LogP contribution in [0.15, 0.2) is 18.2 Å². The monoisotopic (exact) mass is 202 g/mol. The fraction of sp³-hybridized carbons (Fsp3) is 0.333. The Kier molecular flexibility index (Phi) is 2.03. The number of hydrogen-bond donors (Lipinski definition) is 1. The van der Waals surface area contributed by atoms with Crippen LogP contribution in [0, 0.1) is 0 Å². The standard InChI is InChI=1S/C9H8F2O3/c10-9(11)5-13-8-3-6(4-12)1-2-7(8)14-9/h1-3,12H,4-5H2. The molecule has 0 saturated heterocycles. The van der Waals surface area contributed by atoms with Gasteiger partial charge in [-0.1, -0.05) is 6.07 Å². The lowest BCUT2D eigenvalue weighted by molar-refractivity contribution is -0.208. The first-order chi connectivity index (χ1) is 6.61. The van der Waals surface area contributed by atoms with Crippen molar-refractivity contribution in [3.8, 4) is 11.5 Å². The van der Waals surface area contributed by atoms with E-state index in [1.54, 1.807) is 0 Å². The minimum atomic E-state index is -3.27. The molecular formula is C9H8F2O3. The van der Waals surface area contributed by atoms with Crippen LogP contribution in [0.5, 0.6) is 11.5 Å². The second kappa shape index (κ2) is 3.09. The van der Waals surface area contributed by atoms with Crippen molar-refractivity contribution < 1.29 is 23.4 Å². The summed E-state index contributed by atoms with van der Waals surface area (Å²) >= 11 is 0. The van der Waals surface area contributed by atoms with E-state index in [1.165, 1.54) is 18.2 Å². The molecule has 0 fully saturated rings. The number of aliphatic hydroxyl groups excluding tert-OH is 1. The Bertz CT molecular complexity index is 352. The molecule has 1 aliphatic heterocycles. The van der Waals surface area contributed by atoms with Crippen LogP contribution >= 0.6 is 0 Å². The maximum Gasteiger partial charge on any atom is 0.433 e. The highest BCUT2D eigenvalue weighted by Gasteiger charge is 2.37. The maximum atomic E-state index is 12.7. The Labute approximate surface area is 78.9 Å². The molecule has 5 heteroatoms. The third kappa shape index (κ3) is 1.63. The van der Waals surface area contributed by atoms with E-state index in [2.05, 4.69) is 4.74 Å². The maximum absolute atomic E-state index is 12.7. The number of ether oxygens (including phenoxy) is 2. The highest BCUT2D eigenvalue weighted by molar-refractivity contribution is 5.44. The first-order valence-corrected chi connectivity index (χ1v) is 4.04. The summed E-state index contributed by atoms with van der Waals surface area (Å²) in [6.45, 7) is -0.956. The zero-order chi connectivity index (χ0) is 10.2. The first kappa shape index (κ1) is 9.21. The molecule has 1 N–H and O–H groups in total. The second-order valence-electron chi connectivity index (χ2n) is 2.97. The zero-order valence-corrected chi connectivity index (χ0v) is 7.17. The van der Waals surface area contributed by atoms with E-state index in [0.717, 1.165) is 0 Å². The van der Waals surface area contributed by atoms with Gasteiger partial charge in [-0.25, -0.2) is 0 Å². The van der Waals surface area contributed by atoms with Gasteiger partial charge in [0.25, 0.3) is 0 Å². The summed E-state index contributed by atoms with van der Waals surface area (Å²) < 4.78 is 34.5. The summed E-state index contributed by atoms with van der Waals surface area (Å²) in [7, 11) is 0. The third-order valence-electron chi connectivity index (χ3n) is 1.85. The number of halogens is 2. The van der Waals surface area contributed by atoms with Gasteiger partial charge >= 0.3 is 6.11 Å². The molecule has 0 aromatic heterocycles. The molecule has 0 unspecified atom stereocenters. The van der Waals surface area contributed by atoms with Gasteiger partial charge in [-0.3, -0.25) is 0 Å². The lowest BCUT2D eigenvalue weighted by Crippen LogP contribution is -2.35. The molecule has 1 aliphatic rings. The van der Waals surface area contributed by atoms with E-state index < -0.39 is 12.7 Å². The SMILES string of the molecule is OCc1ccc2c(c1)OCC(F)(F)O2. The fourth-order valence-electron chi connectivity index (χ4n) is 1.20. The van der Waals surface area contributed by atoms with Crippen LogP contribution in [-0.2, 0) is 6.61 Å². The molecule has 0 radical (unpaired) electrons. The van der Waals surface area contributed by atoms with Crippen LogP contribution < -0.4 is 9.47 Å². The van der Waals surface area contributed by atoms with Crippen LogP contribution in [0.4, 0.5) is 8.78 Å². The molecule has 1 heterocycles. The molecule has 3 nitrogen and oxygen atoms in total. The Morgan fingerprint density at radius 3 is 2.86 bits per heavy atom. The first-order valence-electron chi connectivity index (χ1n) is 4.04. The van der Waals surface area contributed by atoms with Crippen molar-refractivity contribution in [1.82, 2.24) is 0 Å². The van der Waals surface area contributed by atoms with Crippen molar-refractivity contribution in [3.05, 3.63) is 23.8 Å². The third-order valence-corrected chi connectivity index (χ3v) is 1.85. The molecule has 0 bridgehead atoms. The lowest BCUT2D eigenvalue weighted by Gasteiger charge is -2.25. The van der Waals surface area contributed by atoms with E-state index in [9.17, 15) is 8.78 Å². The number of alkyl halides is 2. The Hall–Kier alpha value is -1.36. The van der Waals surface area contributed by atoms with E-state index in [4.69, 9.17) is 9.84 Å². The predicted molar refractivity (Wildman–Crippen MR) is 43.4 cm³/mol. The predicted octanol–water partition coefficient (Wildman–Crippen LogP) is 1.54. The van der Waals surface area contributed by atoms with Gasteiger partial charge in [-0.2, -0.15) is 8.78 Å². The molecule has 76 valence electrons. The molecule has 0 saturated carbocycles. The van der Waals surface area contributed by atoms with Crippen molar-refractivity contribution in [2.75, 3.05) is 6.61 Å². The van der Waals surface area contributed by atoms with Gasteiger partial charge in [0.15, 0.2) is 18.1 Å². The van der Waals surface area contributed by atoms with Gasteiger partial charge in [0.1, 0.15) is 0 Å². The van der Waals surface area contributed by atoms with Crippen molar-refractivity contribution in [3.63, 3.8) is 0 Å². The minimum Gasteiger partial charge on any atom is -0.479 e. The average molecular weight is 202 g/mol. The van der Waals surface area contributed by atoms with Gasteiger partial charge in [-0.05, 0) is 17.7 Å². The molecular weight excluding hydrogens is 194 g/mol. The molecule has 2 rings (SSSR count). The minimum absolute atomic E-state index is 0.00144. The van der Waals surface area contributed by atoms with Crippen LogP contribution in [0.1, 0.15) is 5.56 Å². The highest BCUT2D eigenvalue weighted by Crippen LogP contribution is 2.37. The summed E-state index contributed by atoms with van der Waals surface area (Å²) in [4.78, 5) is 0. The van der Waals surface area contributed by atoms with Crippen LogP contribution in [-0.4, -0.2) is 17.8 Å². The average Bonchev–Trinajstić information content (AvgIpc) is 2.16. The molecule has 1 aromatic carbocycles. The molecule has 0 spiro atoms. The topological polar surface area (TPSA) is 38.7 Å². The number of hydrogen-bond acceptors (Lipinski definition) is 3. The van der Waals surface area contributed by atoms with E-state index in [-0.39, 0.29) is 18.1 Å². The fourth-order valence-corrected chi connectivity index (χ4v) is 1.20. The number of rotatable bonds is 1. The molecule has 1 aromatic rings. The van der Waals surface area contributed by atoms with Crippen LogP contribution in [0.3, 0.4) is 0 Å². The smallest absolute Gasteiger partial charge is 0.433 e. The van der Waals surface area contributed by atoms with Crippen molar-refractivity contribution in [2.24, 2.45) is 0 Å². The Morgan fingerprint density at radius 1 is 1.36 bits per heavy atom. The zero-order valence-electron chi connectivity index (χ0n) is 7.17. The molecule has 0 atom stereocenters. The van der Waals surface area contributed by atoms with E-state index >= 15 is 0 Å². The van der Waals surface area contributed by atoms with Crippen LogP contribution in [0.2, 0.25) is 0 Å². The largest absolute Gasteiger partial charge is 0.479 e. The highest BCUT2D eigenvalue weighted by atomic mass is 19.3. The van der Waals surface area contributed by atoms with Gasteiger partial charge in [0.05, 0.1) is 6.61 Å². The van der Waals surface area contributed by atoms with Gasteiger partial charge < -0.3 is 14.6 Å². The van der Waals surface area contributed by atoms with Crippen molar-refractivity contribution in [1.29, 1.82) is 0 Å². The summed E-state index contributed by atoms with van der Waals surface area (Å²) in [5.41, 5.74) is 0.595.